The molecule has 1 unspecified atom stereocenters. The van der Waals surface area contributed by atoms with Crippen LogP contribution in [0.1, 0.15) is 12.8 Å². The van der Waals surface area contributed by atoms with E-state index in [-0.39, 0.29) is 11.7 Å². The van der Waals surface area contributed by atoms with Crippen LogP contribution in [0.15, 0.2) is 0 Å². The predicted molar refractivity (Wildman–Crippen MR) is 38.9 cm³/mol. The summed E-state index contributed by atoms with van der Waals surface area (Å²) in [6.07, 6.45) is 0.783. The zero-order chi connectivity index (χ0) is 7.98. The molecule has 0 radical (unpaired) electrons. The summed E-state index contributed by atoms with van der Waals surface area (Å²) < 4.78 is 18.3. The third-order valence-electron chi connectivity index (χ3n) is 1.00. The average molecular weight is 165 g/mol. The lowest BCUT2D eigenvalue weighted by atomic mass is 10.3. The van der Waals surface area contributed by atoms with Crippen LogP contribution in [0.2, 0.25) is 0 Å². The maximum absolute atomic E-state index is 10.5. The molecule has 0 heterocycles. The van der Waals surface area contributed by atoms with E-state index in [0.717, 1.165) is 0 Å². The summed E-state index contributed by atoms with van der Waals surface area (Å²) >= 11 is -1.76. The molecule has 1 amide bonds. The summed E-state index contributed by atoms with van der Waals surface area (Å²) in [4.78, 5) is 10.5. The van der Waals surface area contributed by atoms with E-state index in [1.165, 1.54) is 7.05 Å². The lowest BCUT2D eigenvalue weighted by Crippen LogP contribution is -2.17. The molecule has 0 aromatic heterocycles. The van der Waals surface area contributed by atoms with Gasteiger partial charge in [0.2, 0.25) is 5.91 Å². The molecule has 0 aliphatic heterocycles. The van der Waals surface area contributed by atoms with Crippen LogP contribution in [0.3, 0.4) is 0 Å². The molecule has 0 aromatic carbocycles. The van der Waals surface area contributed by atoms with E-state index in [2.05, 4.69) is 5.32 Å². The third-order valence-corrected chi connectivity index (χ3v) is 1.64. The van der Waals surface area contributed by atoms with Crippen LogP contribution >= 0.6 is 0 Å². The molecule has 0 aliphatic carbocycles. The van der Waals surface area contributed by atoms with Gasteiger partial charge in [-0.25, -0.2) is 4.21 Å². The molecule has 0 aromatic rings. The van der Waals surface area contributed by atoms with Gasteiger partial charge in [-0.15, -0.1) is 0 Å². The monoisotopic (exact) mass is 165 g/mol. The Morgan fingerprint density at radius 1 is 1.70 bits per heavy atom. The number of rotatable bonds is 4. The van der Waals surface area contributed by atoms with Crippen LogP contribution in [-0.4, -0.2) is 27.5 Å². The summed E-state index contributed by atoms with van der Waals surface area (Å²) in [5.74, 6) is 0.0819. The second-order valence-corrected chi connectivity index (χ2v) is 2.85. The number of carbonyl (C=O) groups excluding carboxylic acids is 1. The van der Waals surface area contributed by atoms with Crippen LogP contribution in [-0.2, 0) is 15.9 Å². The Hall–Kier alpha value is -0.420. The van der Waals surface area contributed by atoms with Gasteiger partial charge in [0.15, 0.2) is 11.1 Å². The van der Waals surface area contributed by atoms with Crippen LogP contribution in [0, 0.1) is 0 Å². The fourth-order valence-corrected chi connectivity index (χ4v) is 0.872. The summed E-state index contributed by atoms with van der Waals surface area (Å²) in [6.45, 7) is 0. The second kappa shape index (κ2) is 5.37. The van der Waals surface area contributed by atoms with Crippen LogP contribution < -0.4 is 5.32 Å². The van der Waals surface area contributed by atoms with Crippen LogP contribution in [0.4, 0.5) is 0 Å². The summed E-state index contributed by atoms with van der Waals surface area (Å²) in [5, 5.41) is 2.42. The van der Waals surface area contributed by atoms with Crippen LogP contribution in [0.5, 0.6) is 0 Å². The summed E-state index contributed by atoms with van der Waals surface area (Å²) in [5.41, 5.74) is 0. The summed E-state index contributed by atoms with van der Waals surface area (Å²) in [7, 11) is 1.54. The molecule has 60 valence electrons. The lowest BCUT2D eigenvalue weighted by Gasteiger charge is -1.95. The predicted octanol–water partition coefficient (Wildman–Crippen LogP) is -0.266. The molecule has 0 spiro atoms. The first kappa shape index (κ1) is 9.58. The Bertz CT molecular complexity index is 137. The molecule has 10 heavy (non-hydrogen) atoms. The molecule has 4 nitrogen and oxygen atoms in total. The first-order valence-electron chi connectivity index (χ1n) is 2.95. The minimum atomic E-state index is -1.76. The fraction of sp³-hybridized carbons (Fsp3) is 0.800. The molecule has 0 fully saturated rings. The van der Waals surface area contributed by atoms with Crippen molar-refractivity contribution in [3.63, 3.8) is 0 Å². The maximum Gasteiger partial charge on any atom is 0.219 e. The zero-order valence-corrected chi connectivity index (χ0v) is 6.61. The number of hydrogen-bond acceptors (Lipinski definition) is 2. The average Bonchev–Trinajstić information content (AvgIpc) is 1.87. The van der Waals surface area contributed by atoms with Gasteiger partial charge in [0, 0.05) is 19.2 Å². The molecule has 5 heteroatoms. The van der Waals surface area contributed by atoms with Gasteiger partial charge in [-0.2, -0.15) is 0 Å². The van der Waals surface area contributed by atoms with E-state index < -0.39 is 11.1 Å². The van der Waals surface area contributed by atoms with Crippen molar-refractivity contribution in [1.82, 2.24) is 5.32 Å². The van der Waals surface area contributed by atoms with Crippen molar-refractivity contribution in [2.24, 2.45) is 0 Å². The van der Waals surface area contributed by atoms with Gasteiger partial charge in [-0.05, 0) is 6.42 Å². The highest BCUT2D eigenvalue weighted by molar-refractivity contribution is 7.79. The number of carbonyl (C=O) groups is 1. The van der Waals surface area contributed by atoms with Gasteiger partial charge in [0.25, 0.3) is 0 Å². The largest absolute Gasteiger partial charge is 0.359 e. The molecular formula is C5H11NO3S. The van der Waals surface area contributed by atoms with Crippen molar-refractivity contribution in [3.05, 3.63) is 0 Å². The minimum absolute atomic E-state index is 0.0922. The standard InChI is InChI=1S/C5H11NO3S/c1-6-5(7)3-2-4-10(8)9/h2-4H2,1H3,(H,6,7)(H,8,9). The lowest BCUT2D eigenvalue weighted by molar-refractivity contribution is -0.120. The Morgan fingerprint density at radius 3 is 2.70 bits per heavy atom. The van der Waals surface area contributed by atoms with E-state index in [1.54, 1.807) is 0 Å². The highest BCUT2D eigenvalue weighted by Gasteiger charge is 1.98. The Balaban J connectivity index is 3.20. The van der Waals surface area contributed by atoms with Crippen molar-refractivity contribution in [2.45, 2.75) is 12.8 Å². The normalized spacial score (nSPS) is 12.6. The van der Waals surface area contributed by atoms with Gasteiger partial charge in [0.1, 0.15) is 0 Å². The van der Waals surface area contributed by atoms with Crippen molar-refractivity contribution in [1.29, 1.82) is 0 Å². The Kier molecular flexibility index (Phi) is 5.15. The zero-order valence-electron chi connectivity index (χ0n) is 5.79. The van der Waals surface area contributed by atoms with Gasteiger partial charge in [-0.1, -0.05) is 0 Å². The molecule has 0 saturated carbocycles. The van der Waals surface area contributed by atoms with Crippen molar-refractivity contribution in [3.8, 4) is 0 Å². The smallest absolute Gasteiger partial charge is 0.219 e. The van der Waals surface area contributed by atoms with E-state index in [9.17, 15) is 9.00 Å². The topological polar surface area (TPSA) is 66.4 Å². The van der Waals surface area contributed by atoms with Gasteiger partial charge in [0.05, 0.1) is 0 Å². The third kappa shape index (κ3) is 5.71. The molecule has 0 rings (SSSR count). The maximum atomic E-state index is 10.5. The molecule has 0 aliphatic rings. The Morgan fingerprint density at radius 2 is 2.30 bits per heavy atom. The highest BCUT2D eigenvalue weighted by Crippen LogP contribution is 1.89. The molecule has 0 bridgehead atoms. The van der Waals surface area contributed by atoms with Crippen molar-refractivity contribution >= 4 is 17.0 Å². The Labute approximate surface area is 62.3 Å². The summed E-state index contributed by atoms with van der Waals surface area (Å²) in [6, 6.07) is 0. The number of hydrogen-bond donors (Lipinski definition) is 2. The molecule has 1 atom stereocenters. The number of amides is 1. The first-order valence-corrected chi connectivity index (χ1v) is 4.22. The first-order chi connectivity index (χ1) is 4.66. The molecular weight excluding hydrogens is 154 g/mol. The van der Waals surface area contributed by atoms with E-state index >= 15 is 0 Å². The van der Waals surface area contributed by atoms with Gasteiger partial charge >= 0.3 is 0 Å². The van der Waals surface area contributed by atoms with Crippen molar-refractivity contribution < 1.29 is 13.6 Å². The van der Waals surface area contributed by atoms with Gasteiger partial charge < -0.3 is 9.87 Å². The van der Waals surface area contributed by atoms with Gasteiger partial charge in [-0.3, -0.25) is 4.79 Å². The van der Waals surface area contributed by atoms with E-state index in [4.69, 9.17) is 4.55 Å². The van der Waals surface area contributed by atoms with Crippen LogP contribution in [0.25, 0.3) is 0 Å². The minimum Gasteiger partial charge on any atom is -0.359 e. The SMILES string of the molecule is CNC(=O)CCCS(=O)O. The molecule has 0 saturated heterocycles. The second-order valence-electron chi connectivity index (χ2n) is 1.80. The fourth-order valence-electron chi connectivity index (χ4n) is 0.481. The quantitative estimate of drug-likeness (QED) is 0.564. The molecule has 2 N–H and O–H groups in total. The van der Waals surface area contributed by atoms with E-state index in [0.29, 0.717) is 12.8 Å². The highest BCUT2D eigenvalue weighted by atomic mass is 32.2. The number of nitrogens with one attached hydrogen (secondary N) is 1. The van der Waals surface area contributed by atoms with Crippen molar-refractivity contribution in [2.75, 3.05) is 12.8 Å². The van der Waals surface area contributed by atoms with E-state index in [1.807, 2.05) is 0 Å².